The van der Waals surface area contributed by atoms with Crippen molar-refractivity contribution in [1.82, 2.24) is 0 Å². The Bertz CT molecular complexity index is 184. The van der Waals surface area contributed by atoms with Gasteiger partial charge in [0.05, 0.1) is 12.2 Å². The van der Waals surface area contributed by atoms with Gasteiger partial charge in [0.15, 0.2) is 0 Å². The third kappa shape index (κ3) is 7.05. The minimum Gasteiger partial charge on any atom is -0.372 e. The van der Waals surface area contributed by atoms with Gasteiger partial charge in [0.1, 0.15) is 0 Å². The Kier molecular flexibility index (Phi) is 7.58. The first-order valence-electron chi connectivity index (χ1n) is 7.11. The topological polar surface area (TPSA) is 9.23 Å². The molecule has 0 aromatic rings. The van der Waals surface area contributed by atoms with Crippen LogP contribution in [0.3, 0.4) is 0 Å². The number of rotatable bonds is 2. The first-order valence-corrected chi connectivity index (χ1v) is 7.11. The maximum absolute atomic E-state index is 5.91. The molecule has 1 aliphatic carbocycles. The number of allylic oxidation sites excluding steroid dienone is 1. The van der Waals surface area contributed by atoms with E-state index in [4.69, 9.17) is 4.74 Å². The molecule has 1 heteroatoms. The van der Waals surface area contributed by atoms with Crippen LogP contribution in [-0.2, 0) is 4.74 Å². The van der Waals surface area contributed by atoms with E-state index in [0.29, 0.717) is 12.2 Å². The summed E-state index contributed by atoms with van der Waals surface area (Å²) in [6.07, 6.45) is 17.5. The second-order valence-electron chi connectivity index (χ2n) is 5.20. The van der Waals surface area contributed by atoms with Crippen molar-refractivity contribution in [2.24, 2.45) is 0 Å². The van der Waals surface area contributed by atoms with Crippen LogP contribution in [-0.4, -0.2) is 12.2 Å². The predicted octanol–water partition coefficient (Wildman–Crippen LogP) is 4.86. The van der Waals surface area contributed by atoms with Gasteiger partial charge in [0.25, 0.3) is 0 Å². The molecule has 16 heavy (non-hydrogen) atoms. The van der Waals surface area contributed by atoms with Crippen molar-refractivity contribution in [1.29, 1.82) is 0 Å². The van der Waals surface area contributed by atoms with Gasteiger partial charge in [-0.1, -0.05) is 50.7 Å². The Morgan fingerprint density at radius 1 is 0.938 bits per heavy atom. The first kappa shape index (κ1) is 13.8. The van der Waals surface area contributed by atoms with Gasteiger partial charge in [-0.05, 0) is 33.1 Å². The highest BCUT2D eigenvalue weighted by Crippen LogP contribution is 2.15. The van der Waals surface area contributed by atoms with Gasteiger partial charge in [-0.3, -0.25) is 0 Å². The standard InChI is InChI=1S/C15H28O/c1-14(2)16-15-12-10-8-6-4-3-5-7-9-11-13-15/h10,12,14-15H,3-9,11,13H2,1-2H3/b12-10+. The van der Waals surface area contributed by atoms with Crippen LogP contribution < -0.4 is 0 Å². The fourth-order valence-corrected chi connectivity index (χ4v) is 2.30. The van der Waals surface area contributed by atoms with E-state index in [1.165, 1.54) is 57.8 Å². The van der Waals surface area contributed by atoms with Crippen molar-refractivity contribution < 1.29 is 4.74 Å². The quantitative estimate of drug-likeness (QED) is 0.609. The maximum atomic E-state index is 5.91. The van der Waals surface area contributed by atoms with E-state index in [1.807, 2.05) is 0 Å². The molecule has 0 bridgehead atoms. The molecular weight excluding hydrogens is 196 g/mol. The van der Waals surface area contributed by atoms with E-state index in [1.54, 1.807) is 0 Å². The molecule has 1 rings (SSSR count). The highest BCUT2D eigenvalue weighted by Gasteiger charge is 2.07. The van der Waals surface area contributed by atoms with Crippen molar-refractivity contribution in [3.63, 3.8) is 0 Å². The van der Waals surface area contributed by atoms with Crippen molar-refractivity contribution in [3.05, 3.63) is 12.2 Å². The van der Waals surface area contributed by atoms with Crippen molar-refractivity contribution in [2.75, 3.05) is 0 Å². The Labute approximate surface area is 101 Å². The van der Waals surface area contributed by atoms with Crippen molar-refractivity contribution in [2.45, 2.75) is 83.8 Å². The average molecular weight is 224 g/mol. The second-order valence-corrected chi connectivity index (χ2v) is 5.20. The van der Waals surface area contributed by atoms with Crippen LogP contribution in [0, 0.1) is 0 Å². The molecule has 1 nitrogen and oxygen atoms in total. The van der Waals surface area contributed by atoms with Crippen LogP contribution in [0.4, 0.5) is 0 Å². The predicted molar refractivity (Wildman–Crippen MR) is 70.7 cm³/mol. The molecular formula is C15H28O. The molecule has 0 amide bonds. The van der Waals surface area contributed by atoms with Gasteiger partial charge in [-0.25, -0.2) is 0 Å². The number of ether oxygens (including phenoxy) is 1. The SMILES string of the molecule is CC(C)OC1/C=C/CCCCCCCCC1. The molecule has 1 aliphatic rings. The van der Waals surface area contributed by atoms with Gasteiger partial charge in [-0.2, -0.15) is 0 Å². The maximum Gasteiger partial charge on any atom is 0.0759 e. The number of hydrogen-bond acceptors (Lipinski definition) is 1. The Morgan fingerprint density at radius 3 is 2.25 bits per heavy atom. The average Bonchev–Trinajstić information content (AvgIpc) is 2.21. The minimum absolute atomic E-state index is 0.350. The molecule has 0 spiro atoms. The van der Waals surface area contributed by atoms with Gasteiger partial charge >= 0.3 is 0 Å². The van der Waals surface area contributed by atoms with Crippen molar-refractivity contribution in [3.8, 4) is 0 Å². The molecule has 0 aliphatic heterocycles. The second kappa shape index (κ2) is 8.81. The van der Waals surface area contributed by atoms with Gasteiger partial charge < -0.3 is 4.74 Å². The van der Waals surface area contributed by atoms with E-state index in [-0.39, 0.29) is 0 Å². The minimum atomic E-state index is 0.350. The van der Waals surface area contributed by atoms with E-state index in [2.05, 4.69) is 26.0 Å². The molecule has 94 valence electrons. The first-order chi connectivity index (χ1) is 7.79. The Morgan fingerprint density at radius 2 is 1.56 bits per heavy atom. The summed E-state index contributed by atoms with van der Waals surface area (Å²) in [6, 6.07) is 0. The van der Waals surface area contributed by atoms with Crippen molar-refractivity contribution >= 4 is 0 Å². The van der Waals surface area contributed by atoms with Crippen LogP contribution in [0.2, 0.25) is 0 Å². The fraction of sp³-hybridized carbons (Fsp3) is 0.867. The lowest BCUT2D eigenvalue weighted by molar-refractivity contribution is 0.0296. The van der Waals surface area contributed by atoms with Crippen LogP contribution in [0.5, 0.6) is 0 Å². The molecule has 0 heterocycles. The Balaban J connectivity index is 2.35. The zero-order chi connectivity index (χ0) is 11.6. The Hall–Kier alpha value is -0.300. The summed E-state index contributed by atoms with van der Waals surface area (Å²) >= 11 is 0. The van der Waals surface area contributed by atoms with Gasteiger partial charge in [0.2, 0.25) is 0 Å². The van der Waals surface area contributed by atoms with Crippen LogP contribution in [0.25, 0.3) is 0 Å². The summed E-state index contributed by atoms with van der Waals surface area (Å²) in [4.78, 5) is 0. The van der Waals surface area contributed by atoms with E-state index in [0.717, 1.165) is 0 Å². The zero-order valence-corrected chi connectivity index (χ0v) is 11.1. The molecule has 0 saturated heterocycles. The summed E-state index contributed by atoms with van der Waals surface area (Å²) in [5, 5.41) is 0. The largest absolute Gasteiger partial charge is 0.372 e. The molecule has 0 fully saturated rings. The summed E-state index contributed by atoms with van der Waals surface area (Å²) in [5.74, 6) is 0. The third-order valence-corrected chi connectivity index (χ3v) is 3.16. The summed E-state index contributed by atoms with van der Waals surface area (Å²) in [5.41, 5.74) is 0. The van der Waals surface area contributed by atoms with Crippen LogP contribution in [0.1, 0.15) is 71.6 Å². The highest BCUT2D eigenvalue weighted by atomic mass is 16.5. The fourth-order valence-electron chi connectivity index (χ4n) is 2.30. The third-order valence-electron chi connectivity index (χ3n) is 3.16. The summed E-state index contributed by atoms with van der Waals surface area (Å²) in [7, 11) is 0. The molecule has 0 aromatic heterocycles. The normalized spacial score (nSPS) is 27.1. The van der Waals surface area contributed by atoms with E-state index < -0.39 is 0 Å². The van der Waals surface area contributed by atoms with E-state index >= 15 is 0 Å². The lowest BCUT2D eigenvalue weighted by Gasteiger charge is -2.17. The lowest BCUT2D eigenvalue weighted by Crippen LogP contribution is -2.15. The van der Waals surface area contributed by atoms with Crippen LogP contribution in [0.15, 0.2) is 12.2 Å². The summed E-state index contributed by atoms with van der Waals surface area (Å²) in [6.45, 7) is 4.26. The monoisotopic (exact) mass is 224 g/mol. The van der Waals surface area contributed by atoms with Crippen LogP contribution >= 0.6 is 0 Å². The van der Waals surface area contributed by atoms with Gasteiger partial charge in [-0.15, -0.1) is 0 Å². The zero-order valence-electron chi connectivity index (χ0n) is 11.1. The highest BCUT2D eigenvalue weighted by molar-refractivity contribution is 4.90. The molecule has 1 unspecified atom stereocenters. The summed E-state index contributed by atoms with van der Waals surface area (Å²) < 4.78 is 5.91. The molecule has 0 radical (unpaired) electrons. The number of hydrogen-bond donors (Lipinski definition) is 0. The lowest BCUT2D eigenvalue weighted by atomic mass is 10.0. The van der Waals surface area contributed by atoms with Gasteiger partial charge in [0, 0.05) is 0 Å². The smallest absolute Gasteiger partial charge is 0.0759 e. The molecule has 0 N–H and O–H groups in total. The molecule has 0 saturated carbocycles. The molecule has 0 aromatic carbocycles. The van der Waals surface area contributed by atoms with E-state index in [9.17, 15) is 0 Å². The molecule has 1 atom stereocenters.